The lowest BCUT2D eigenvalue weighted by atomic mass is 10.1. The Hall–Kier alpha value is -0.230. The molecule has 0 atom stereocenters. The number of nitriles is 1. The number of rotatable bonds is 1. The Bertz CT molecular complexity index is 344. The topological polar surface area (TPSA) is 23.8 Å². The summed E-state index contributed by atoms with van der Waals surface area (Å²) < 4.78 is 0. The second-order valence-electron chi connectivity index (χ2n) is 2.16. The molecule has 1 aromatic rings. The molecule has 62 valence electrons. The van der Waals surface area contributed by atoms with Gasteiger partial charge in [-0.2, -0.15) is 5.26 Å². The molecule has 0 fully saturated rings. The average Bonchev–Trinajstić information content (AvgIpc) is 2.03. The van der Waals surface area contributed by atoms with E-state index in [1.807, 2.05) is 6.07 Å². The zero-order chi connectivity index (χ0) is 9.14. The number of nitrogens with zero attached hydrogens (tertiary/aromatic N) is 1. The van der Waals surface area contributed by atoms with Gasteiger partial charge in [-0.05, 0) is 17.7 Å². The summed E-state index contributed by atoms with van der Waals surface area (Å²) in [5.74, 6) is 0. The maximum atomic E-state index is 8.71. The van der Waals surface area contributed by atoms with Crippen molar-refractivity contribution < 1.29 is 0 Å². The van der Waals surface area contributed by atoms with E-state index in [2.05, 4.69) is 15.9 Å². The van der Waals surface area contributed by atoms with Crippen LogP contribution in [0.4, 0.5) is 0 Å². The van der Waals surface area contributed by atoms with E-state index in [9.17, 15) is 0 Å². The summed E-state index contributed by atoms with van der Waals surface area (Å²) in [6.45, 7) is 0. The van der Waals surface area contributed by atoms with Crippen LogP contribution in [0.3, 0.4) is 0 Å². The predicted molar refractivity (Wildman–Crippen MR) is 53.8 cm³/mol. The standard InChI is InChI=1S/C8H4BrCl2N/c9-3-7-5(4-12)1-6(10)2-8(7)11/h1-2H,3H2. The van der Waals surface area contributed by atoms with Gasteiger partial charge in [0.15, 0.2) is 0 Å². The molecule has 0 aliphatic carbocycles. The van der Waals surface area contributed by atoms with Crippen molar-refractivity contribution in [1.29, 1.82) is 5.26 Å². The average molecular weight is 265 g/mol. The first-order valence-corrected chi connectivity index (χ1v) is 5.00. The van der Waals surface area contributed by atoms with Crippen molar-refractivity contribution in [3.05, 3.63) is 33.3 Å². The monoisotopic (exact) mass is 263 g/mol. The van der Waals surface area contributed by atoms with Crippen LogP contribution in [-0.4, -0.2) is 0 Å². The molecule has 1 aromatic carbocycles. The molecule has 0 spiro atoms. The fourth-order valence-corrected chi connectivity index (χ4v) is 2.16. The maximum Gasteiger partial charge on any atom is 0.0995 e. The van der Waals surface area contributed by atoms with Crippen molar-refractivity contribution in [1.82, 2.24) is 0 Å². The van der Waals surface area contributed by atoms with Gasteiger partial charge in [0, 0.05) is 15.4 Å². The lowest BCUT2D eigenvalue weighted by Gasteiger charge is -2.02. The molecule has 0 heterocycles. The van der Waals surface area contributed by atoms with E-state index in [0.717, 1.165) is 5.56 Å². The van der Waals surface area contributed by atoms with Gasteiger partial charge in [0.05, 0.1) is 11.6 Å². The second kappa shape index (κ2) is 4.13. The molecule has 0 N–H and O–H groups in total. The van der Waals surface area contributed by atoms with Crippen LogP contribution in [-0.2, 0) is 5.33 Å². The zero-order valence-corrected chi connectivity index (χ0v) is 9.04. The first-order valence-electron chi connectivity index (χ1n) is 3.13. The Morgan fingerprint density at radius 1 is 1.42 bits per heavy atom. The van der Waals surface area contributed by atoms with Crippen LogP contribution in [0.25, 0.3) is 0 Å². The Balaban J connectivity index is 3.36. The molecule has 1 rings (SSSR count). The lowest BCUT2D eigenvalue weighted by molar-refractivity contribution is 1.37. The predicted octanol–water partition coefficient (Wildman–Crippen LogP) is 3.76. The molecule has 0 amide bonds. The smallest absolute Gasteiger partial charge is 0.0995 e. The minimum absolute atomic E-state index is 0.487. The van der Waals surface area contributed by atoms with Crippen molar-refractivity contribution >= 4 is 39.1 Å². The van der Waals surface area contributed by atoms with Crippen LogP contribution >= 0.6 is 39.1 Å². The molecule has 0 aromatic heterocycles. The normalized spacial score (nSPS) is 9.50. The van der Waals surface area contributed by atoms with Crippen molar-refractivity contribution in [2.24, 2.45) is 0 Å². The molecule has 0 aliphatic rings. The van der Waals surface area contributed by atoms with Gasteiger partial charge in [0.25, 0.3) is 0 Å². The van der Waals surface area contributed by atoms with E-state index in [1.165, 1.54) is 0 Å². The van der Waals surface area contributed by atoms with E-state index in [0.29, 0.717) is 20.9 Å². The third-order valence-corrected chi connectivity index (χ3v) is 2.53. The molecule has 0 unspecified atom stereocenters. The summed E-state index contributed by atoms with van der Waals surface area (Å²) in [6.07, 6.45) is 0. The Morgan fingerprint density at radius 3 is 2.58 bits per heavy atom. The molecule has 0 radical (unpaired) electrons. The van der Waals surface area contributed by atoms with Crippen molar-refractivity contribution in [2.75, 3.05) is 0 Å². The molecule has 4 heteroatoms. The molecular formula is C8H4BrCl2N. The van der Waals surface area contributed by atoms with Crippen LogP contribution in [0.2, 0.25) is 10.0 Å². The molecule has 12 heavy (non-hydrogen) atoms. The molecule has 0 saturated heterocycles. The third-order valence-electron chi connectivity index (χ3n) is 1.41. The molecule has 0 saturated carbocycles. The first-order chi connectivity index (χ1) is 5.69. The second-order valence-corrected chi connectivity index (χ2v) is 3.56. The Labute approximate surface area is 89.0 Å². The molecule has 0 bridgehead atoms. The summed E-state index contributed by atoms with van der Waals surface area (Å²) >= 11 is 14.8. The van der Waals surface area contributed by atoms with Gasteiger partial charge < -0.3 is 0 Å². The molecule has 0 aliphatic heterocycles. The minimum atomic E-state index is 0.487. The van der Waals surface area contributed by atoms with Crippen LogP contribution in [0.15, 0.2) is 12.1 Å². The lowest BCUT2D eigenvalue weighted by Crippen LogP contribution is -1.87. The van der Waals surface area contributed by atoms with E-state index < -0.39 is 0 Å². The van der Waals surface area contributed by atoms with Gasteiger partial charge in [0.2, 0.25) is 0 Å². The first kappa shape index (κ1) is 9.85. The number of hydrogen-bond acceptors (Lipinski definition) is 1. The summed E-state index contributed by atoms with van der Waals surface area (Å²) in [7, 11) is 0. The van der Waals surface area contributed by atoms with Crippen LogP contribution < -0.4 is 0 Å². The van der Waals surface area contributed by atoms with E-state index >= 15 is 0 Å². The number of hydrogen-bond donors (Lipinski definition) is 0. The van der Waals surface area contributed by atoms with Gasteiger partial charge in [-0.15, -0.1) is 0 Å². The SMILES string of the molecule is N#Cc1cc(Cl)cc(Cl)c1CBr. The summed E-state index contributed by atoms with van der Waals surface area (Å²) in [5, 5.41) is 10.3. The zero-order valence-electron chi connectivity index (χ0n) is 5.94. The maximum absolute atomic E-state index is 8.71. The van der Waals surface area contributed by atoms with Crippen molar-refractivity contribution in [3.63, 3.8) is 0 Å². The molecular weight excluding hydrogens is 261 g/mol. The summed E-state index contributed by atoms with van der Waals surface area (Å²) in [5.41, 5.74) is 1.30. The highest BCUT2D eigenvalue weighted by Crippen LogP contribution is 2.26. The quantitative estimate of drug-likeness (QED) is 0.709. The van der Waals surface area contributed by atoms with Crippen molar-refractivity contribution in [2.45, 2.75) is 5.33 Å². The number of halogens is 3. The largest absolute Gasteiger partial charge is 0.192 e. The summed E-state index contributed by atoms with van der Waals surface area (Å²) in [4.78, 5) is 0. The fourth-order valence-electron chi connectivity index (χ4n) is 0.839. The van der Waals surface area contributed by atoms with E-state index in [4.69, 9.17) is 28.5 Å². The highest BCUT2D eigenvalue weighted by atomic mass is 79.9. The van der Waals surface area contributed by atoms with Gasteiger partial charge in [-0.3, -0.25) is 0 Å². The van der Waals surface area contributed by atoms with Gasteiger partial charge in [0.1, 0.15) is 0 Å². The Morgan fingerprint density at radius 2 is 2.08 bits per heavy atom. The summed E-state index contributed by atoms with van der Waals surface area (Å²) in [6, 6.07) is 5.26. The fraction of sp³-hybridized carbons (Fsp3) is 0.125. The third kappa shape index (κ3) is 1.92. The van der Waals surface area contributed by atoms with Crippen LogP contribution in [0, 0.1) is 11.3 Å². The number of benzene rings is 1. The highest BCUT2D eigenvalue weighted by molar-refractivity contribution is 9.08. The van der Waals surface area contributed by atoms with Gasteiger partial charge in [-0.25, -0.2) is 0 Å². The van der Waals surface area contributed by atoms with E-state index in [1.54, 1.807) is 12.1 Å². The van der Waals surface area contributed by atoms with Crippen molar-refractivity contribution in [3.8, 4) is 6.07 Å². The number of alkyl halides is 1. The van der Waals surface area contributed by atoms with Crippen LogP contribution in [0.1, 0.15) is 11.1 Å². The molecule has 1 nitrogen and oxygen atoms in total. The van der Waals surface area contributed by atoms with E-state index in [-0.39, 0.29) is 0 Å². The van der Waals surface area contributed by atoms with Crippen LogP contribution in [0.5, 0.6) is 0 Å². The van der Waals surface area contributed by atoms with Gasteiger partial charge >= 0.3 is 0 Å². The van der Waals surface area contributed by atoms with Gasteiger partial charge in [-0.1, -0.05) is 39.1 Å². The Kier molecular flexibility index (Phi) is 3.39. The minimum Gasteiger partial charge on any atom is -0.192 e. The highest BCUT2D eigenvalue weighted by Gasteiger charge is 2.06.